The first kappa shape index (κ1) is 10.8. The number of nitrogens with zero attached hydrogens (tertiary/aromatic N) is 1. The quantitative estimate of drug-likeness (QED) is 0.653. The molecule has 2 aromatic rings. The lowest BCUT2D eigenvalue weighted by atomic mass is 9.86. The van der Waals surface area contributed by atoms with Crippen LogP contribution in [-0.2, 0) is 6.42 Å². The lowest BCUT2D eigenvalue weighted by molar-refractivity contribution is 0.0975. The van der Waals surface area contributed by atoms with Crippen LogP contribution in [0.15, 0.2) is 36.5 Å². The second-order valence-electron chi connectivity index (χ2n) is 4.30. The molecule has 1 aliphatic carbocycles. The van der Waals surface area contributed by atoms with E-state index in [1.807, 2.05) is 6.92 Å². The van der Waals surface area contributed by atoms with Gasteiger partial charge in [0.2, 0.25) is 5.78 Å². The van der Waals surface area contributed by atoms with Crippen LogP contribution < -0.4 is 0 Å². The van der Waals surface area contributed by atoms with Crippen molar-refractivity contribution in [3.63, 3.8) is 0 Å². The normalized spacial score (nSPS) is 13.2. The molecule has 0 spiro atoms. The Kier molecular flexibility index (Phi) is 2.33. The summed E-state index contributed by atoms with van der Waals surface area (Å²) in [6, 6.07) is 8.67. The summed E-state index contributed by atoms with van der Waals surface area (Å²) in [7, 11) is 0. The van der Waals surface area contributed by atoms with Crippen LogP contribution in [0, 0.1) is 0 Å². The molecule has 0 fully saturated rings. The third-order valence-electron chi connectivity index (χ3n) is 3.23. The highest BCUT2D eigenvalue weighted by Gasteiger charge is 2.30. The van der Waals surface area contributed by atoms with Crippen molar-refractivity contribution < 1.29 is 9.59 Å². The first-order chi connectivity index (χ1) is 8.72. The van der Waals surface area contributed by atoms with Gasteiger partial charge in [-0.3, -0.25) is 14.6 Å². The van der Waals surface area contributed by atoms with Crippen molar-refractivity contribution >= 4 is 11.6 Å². The maximum absolute atomic E-state index is 12.3. The first-order valence-corrected chi connectivity index (χ1v) is 5.89. The number of carbonyl (C=O) groups is 2. The van der Waals surface area contributed by atoms with Crippen molar-refractivity contribution in [3.8, 4) is 0 Å². The molecule has 0 atom stereocenters. The van der Waals surface area contributed by atoms with E-state index in [0.29, 0.717) is 16.7 Å². The molecule has 3 nitrogen and oxygen atoms in total. The summed E-state index contributed by atoms with van der Waals surface area (Å²) < 4.78 is 0. The van der Waals surface area contributed by atoms with Crippen molar-refractivity contribution in [1.29, 1.82) is 0 Å². The molecule has 3 rings (SSSR count). The Morgan fingerprint density at radius 2 is 1.67 bits per heavy atom. The van der Waals surface area contributed by atoms with E-state index >= 15 is 0 Å². The number of benzene rings is 1. The molecule has 18 heavy (non-hydrogen) atoms. The minimum atomic E-state index is -0.164. The van der Waals surface area contributed by atoms with Crippen LogP contribution in [-0.4, -0.2) is 16.6 Å². The van der Waals surface area contributed by atoms with Gasteiger partial charge in [-0.25, -0.2) is 0 Å². The number of hydrogen-bond donors (Lipinski definition) is 0. The zero-order valence-corrected chi connectivity index (χ0v) is 9.93. The van der Waals surface area contributed by atoms with Gasteiger partial charge in [-0.05, 0) is 18.1 Å². The highest BCUT2D eigenvalue weighted by Crippen LogP contribution is 2.26. The minimum Gasteiger partial charge on any atom is -0.288 e. The molecule has 0 amide bonds. The van der Waals surface area contributed by atoms with Crippen molar-refractivity contribution in [3.05, 3.63) is 64.5 Å². The molecule has 1 aromatic carbocycles. The van der Waals surface area contributed by atoms with Gasteiger partial charge in [-0.1, -0.05) is 31.2 Å². The Bertz CT molecular complexity index is 674. The number of aromatic nitrogens is 1. The van der Waals surface area contributed by atoms with Crippen molar-refractivity contribution in [1.82, 2.24) is 4.98 Å². The Hall–Kier alpha value is -2.29. The molecule has 0 unspecified atom stereocenters. The number of carbonyl (C=O) groups excluding carboxylic acids is 2. The zero-order chi connectivity index (χ0) is 12.7. The van der Waals surface area contributed by atoms with Crippen molar-refractivity contribution in [2.75, 3.05) is 0 Å². The Morgan fingerprint density at radius 1 is 1.00 bits per heavy atom. The summed E-state index contributed by atoms with van der Waals surface area (Å²) in [6.45, 7) is 1.99. The van der Waals surface area contributed by atoms with Crippen LogP contribution >= 0.6 is 0 Å². The van der Waals surface area contributed by atoms with E-state index in [-0.39, 0.29) is 17.3 Å². The maximum Gasteiger partial charge on any atom is 0.212 e. The molecular weight excluding hydrogens is 226 g/mol. The molecule has 88 valence electrons. The van der Waals surface area contributed by atoms with Crippen LogP contribution in [0.3, 0.4) is 0 Å². The van der Waals surface area contributed by atoms with Crippen molar-refractivity contribution in [2.45, 2.75) is 13.3 Å². The Balaban J connectivity index is 2.27. The first-order valence-electron chi connectivity index (χ1n) is 5.89. The average Bonchev–Trinajstić information content (AvgIpc) is 2.44. The van der Waals surface area contributed by atoms with Gasteiger partial charge in [0.05, 0.1) is 5.56 Å². The monoisotopic (exact) mass is 237 g/mol. The summed E-state index contributed by atoms with van der Waals surface area (Å²) in [5, 5.41) is 0. The fourth-order valence-corrected chi connectivity index (χ4v) is 2.21. The Morgan fingerprint density at radius 3 is 2.33 bits per heavy atom. The second kappa shape index (κ2) is 3.88. The fourth-order valence-electron chi connectivity index (χ4n) is 2.21. The maximum atomic E-state index is 12.3. The van der Waals surface area contributed by atoms with E-state index in [4.69, 9.17) is 0 Å². The number of pyridine rings is 1. The topological polar surface area (TPSA) is 47.0 Å². The third-order valence-corrected chi connectivity index (χ3v) is 3.23. The molecule has 1 heterocycles. The van der Waals surface area contributed by atoms with Gasteiger partial charge in [0.1, 0.15) is 5.69 Å². The number of fused-ring (bicyclic) bond motifs is 2. The standard InChI is InChI=1S/C15H11NO2/c1-2-9-7-12-13(16-8-9)15(18)11-6-4-3-5-10(11)14(12)17/h3-8H,2H2,1H3. The predicted octanol–water partition coefficient (Wildman–Crippen LogP) is 2.42. The zero-order valence-electron chi connectivity index (χ0n) is 9.93. The van der Waals surface area contributed by atoms with Crippen LogP contribution in [0.25, 0.3) is 0 Å². The fraction of sp³-hybridized carbons (Fsp3) is 0.133. The van der Waals surface area contributed by atoms with E-state index in [1.165, 1.54) is 0 Å². The molecule has 1 aliphatic rings. The van der Waals surface area contributed by atoms with Gasteiger partial charge in [-0.15, -0.1) is 0 Å². The lowest BCUT2D eigenvalue weighted by Crippen LogP contribution is -2.22. The summed E-state index contributed by atoms with van der Waals surface area (Å²) in [5.74, 6) is -0.272. The largest absolute Gasteiger partial charge is 0.288 e. The number of aryl methyl sites for hydroxylation is 1. The van der Waals surface area contributed by atoms with Gasteiger partial charge in [0, 0.05) is 17.3 Å². The second-order valence-corrected chi connectivity index (χ2v) is 4.30. The number of rotatable bonds is 1. The molecule has 1 aromatic heterocycles. The third kappa shape index (κ3) is 1.40. The van der Waals surface area contributed by atoms with Crippen LogP contribution in [0.1, 0.15) is 44.5 Å². The van der Waals surface area contributed by atoms with E-state index in [0.717, 1.165) is 12.0 Å². The Labute approximate surface area is 104 Å². The lowest BCUT2D eigenvalue weighted by Gasteiger charge is -2.16. The van der Waals surface area contributed by atoms with Crippen LogP contribution in [0.4, 0.5) is 0 Å². The van der Waals surface area contributed by atoms with E-state index < -0.39 is 0 Å². The highest BCUT2D eigenvalue weighted by atomic mass is 16.1. The smallest absolute Gasteiger partial charge is 0.212 e. The SMILES string of the molecule is CCc1cnc2c(c1)C(=O)c1ccccc1C2=O. The van der Waals surface area contributed by atoms with Gasteiger partial charge >= 0.3 is 0 Å². The molecule has 0 aliphatic heterocycles. The predicted molar refractivity (Wildman–Crippen MR) is 66.9 cm³/mol. The molecule has 0 bridgehead atoms. The number of hydrogen-bond acceptors (Lipinski definition) is 3. The minimum absolute atomic E-state index is 0.108. The molecule has 0 saturated heterocycles. The van der Waals surface area contributed by atoms with Gasteiger partial charge in [0.25, 0.3) is 0 Å². The summed E-state index contributed by atoms with van der Waals surface area (Å²) in [4.78, 5) is 28.7. The van der Waals surface area contributed by atoms with Gasteiger partial charge in [-0.2, -0.15) is 0 Å². The summed E-state index contributed by atoms with van der Waals surface area (Å²) >= 11 is 0. The van der Waals surface area contributed by atoms with E-state index in [1.54, 1.807) is 36.5 Å². The molecule has 0 saturated carbocycles. The van der Waals surface area contributed by atoms with Crippen LogP contribution in [0.5, 0.6) is 0 Å². The van der Waals surface area contributed by atoms with Crippen LogP contribution in [0.2, 0.25) is 0 Å². The summed E-state index contributed by atoms with van der Waals surface area (Å²) in [5.41, 5.74) is 2.60. The average molecular weight is 237 g/mol. The van der Waals surface area contributed by atoms with E-state index in [2.05, 4.69) is 4.98 Å². The molecule has 0 radical (unpaired) electrons. The number of ketones is 2. The van der Waals surface area contributed by atoms with Gasteiger partial charge in [0.15, 0.2) is 5.78 Å². The van der Waals surface area contributed by atoms with E-state index in [9.17, 15) is 9.59 Å². The molecular formula is C15H11NO2. The summed E-state index contributed by atoms with van der Waals surface area (Å²) in [6.07, 6.45) is 2.46. The molecule has 0 N–H and O–H groups in total. The molecule has 3 heteroatoms. The highest BCUT2D eigenvalue weighted by molar-refractivity contribution is 6.27. The van der Waals surface area contributed by atoms with Crippen molar-refractivity contribution in [2.24, 2.45) is 0 Å². The van der Waals surface area contributed by atoms with Gasteiger partial charge < -0.3 is 0 Å².